The molecule has 0 aromatic rings. The number of methoxy groups -OCH3 is 1. The van der Waals surface area contributed by atoms with Crippen LogP contribution in [0.5, 0.6) is 0 Å². The van der Waals surface area contributed by atoms with Crippen molar-refractivity contribution in [2.75, 3.05) is 7.11 Å². The molecule has 0 amide bonds. The lowest BCUT2D eigenvalue weighted by Crippen LogP contribution is -2.60. The Balaban J connectivity index is 4.72. The summed E-state index contributed by atoms with van der Waals surface area (Å²) in [7, 11) is -1.50. The van der Waals surface area contributed by atoms with Gasteiger partial charge >= 0.3 is 0 Å². The molecule has 0 radical (unpaired) electrons. The summed E-state index contributed by atoms with van der Waals surface area (Å²) in [5, 5.41) is -0.0660. The number of ether oxygens (including phenoxy) is 1. The standard InChI is InChI=1S/C13H32O2Si2/c1-9-11-12-16(5,6)15-17(7,8)13(3,10-2)14-4/h9-12H2,1-8H3. The topological polar surface area (TPSA) is 18.5 Å². The molecule has 0 aliphatic heterocycles. The van der Waals surface area contributed by atoms with E-state index in [-0.39, 0.29) is 5.22 Å². The number of hydrogen-bond donors (Lipinski definition) is 0. The molecule has 2 nitrogen and oxygen atoms in total. The van der Waals surface area contributed by atoms with Crippen LogP contribution in [0.25, 0.3) is 0 Å². The Morgan fingerprint density at radius 1 is 1.06 bits per heavy atom. The van der Waals surface area contributed by atoms with Crippen LogP contribution < -0.4 is 0 Å². The summed E-state index contributed by atoms with van der Waals surface area (Å²) in [4.78, 5) is 0. The summed E-state index contributed by atoms with van der Waals surface area (Å²) in [5.74, 6) is 0. The van der Waals surface area contributed by atoms with Gasteiger partial charge < -0.3 is 8.85 Å². The van der Waals surface area contributed by atoms with Gasteiger partial charge in [0.15, 0.2) is 8.32 Å². The number of hydrogen-bond acceptors (Lipinski definition) is 2. The summed E-state index contributed by atoms with van der Waals surface area (Å²) < 4.78 is 12.4. The van der Waals surface area contributed by atoms with Crippen LogP contribution in [-0.2, 0) is 8.85 Å². The van der Waals surface area contributed by atoms with Gasteiger partial charge in [0.1, 0.15) is 0 Å². The van der Waals surface area contributed by atoms with Crippen LogP contribution in [0.3, 0.4) is 0 Å². The molecular formula is C13H32O2Si2. The van der Waals surface area contributed by atoms with Crippen LogP contribution in [0.2, 0.25) is 32.2 Å². The Bertz CT molecular complexity index is 223. The minimum atomic E-state index is -1.80. The lowest BCUT2D eigenvalue weighted by Gasteiger charge is -2.45. The van der Waals surface area contributed by atoms with Gasteiger partial charge in [0, 0.05) is 7.11 Å². The Morgan fingerprint density at radius 2 is 1.59 bits per heavy atom. The van der Waals surface area contributed by atoms with E-state index in [4.69, 9.17) is 8.85 Å². The van der Waals surface area contributed by atoms with Crippen LogP contribution in [0.4, 0.5) is 0 Å². The molecule has 0 saturated heterocycles. The molecule has 17 heavy (non-hydrogen) atoms. The summed E-state index contributed by atoms with van der Waals surface area (Å²) in [6, 6.07) is 1.27. The number of rotatable bonds is 8. The first-order chi connectivity index (χ1) is 7.64. The zero-order valence-electron chi connectivity index (χ0n) is 13.1. The molecule has 0 aromatic heterocycles. The largest absolute Gasteiger partial charge is 0.454 e. The lowest BCUT2D eigenvalue weighted by molar-refractivity contribution is 0.0536. The first kappa shape index (κ1) is 17.4. The minimum Gasteiger partial charge on any atom is -0.454 e. The second-order valence-electron chi connectivity index (χ2n) is 6.26. The lowest BCUT2D eigenvalue weighted by atomic mass is 10.3. The summed E-state index contributed by atoms with van der Waals surface area (Å²) in [5.41, 5.74) is 0. The van der Waals surface area contributed by atoms with Gasteiger partial charge in [-0.3, -0.25) is 0 Å². The predicted molar refractivity (Wildman–Crippen MR) is 81.5 cm³/mol. The molecule has 0 saturated carbocycles. The predicted octanol–water partition coefficient (Wildman–Crippen LogP) is 4.57. The molecule has 104 valence electrons. The highest BCUT2D eigenvalue weighted by Gasteiger charge is 2.46. The van der Waals surface area contributed by atoms with Gasteiger partial charge in [-0.05, 0) is 45.6 Å². The maximum absolute atomic E-state index is 6.63. The maximum atomic E-state index is 6.63. The van der Waals surface area contributed by atoms with Crippen LogP contribution in [0.15, 0.2) is 0 Å². The third-order valence-electron chi connectivity index (χ3n) is 4.06. The van der Waals surface area contributed by atoms with Gasteiger partial charge in [0.2, 0.25) is 8.32 Å². The van der Waals surface area contributed by atoms with E-state index in [1.165, 1.54) is 18.9 Å². The smallest absolute Gasteiger partial charge is 0.205 e. The summed E-state index contributed by atoms with van der Waals surface area (Å²) >= 11 is 0. The van der Waals surface area contributed by atoms with Crippen molar-refractivity contribution in [2.45, 2.75) is 77.5 Å². The molecule has 0 aliphatic carbocycles. The molecule has 0 heterocycles. The SMILES string of the molecule is CCCC[Si](C)(C)O[Si](C)(C)C(C)(CC)OC. The zero-order valence-corrected chi connectivity index (χ0v) is 15.1. The fourth-order valence-corrected chi connectivity index (χ4v) is 11.6. The Labute approximate surface area is 110 Å². The van der Waals surface area contributed by atoms with Gasteiger partial charge in [-0.25, -0.2) is 0 Å². The van der Waals surface area contributed by atoms with E-state index in [1.54, 1.807) is 0 Å². The molecule has 4 heteroatoms. The molecule has 0 spiro atoms. The van der Waals surface area contributed by atoms with Gasteiger partial charge in [0.05, 0.1) is 5.22 Å². The van der Waals surface area contributed by atoms with Crippen molar-refractivity contribution in [3.63, 3.8) is 0 Å². The first-order valence-electron chi connectivity index (χ1n) is 6.89. The van der Waals surface area contributed by atoms with Gasteiger partial charge in [-0.15, -0.1) is 0 Å². The van der Waals surface area contributed by atoms with E-state index in [0.29, 0.717) is 0 Å². The average molecular weight is 277 g/mol. The fourth-order valence-electron chi connectivity index (χ4n) is 2.27. The van der Waals surface area contributed by atoms with Crippen LogP contribution in [0, 0.1) is 0 Å². The zero-order chi connectivity index (χ0) is 13.7. The van der Waals surface area contributed by atoms with Crippen molar-refractivity contribution in [1.82, 2.24) is 0 Å². The fraction of sp³-hybridized carbons (Fsp3) is 1.00. The molecule has 0 fully saturated rings. The maximum Gasteiger partial charge on any atom is 0.205 e. The average Bonchev–Trinajstić information content (AvgIpc) is 2.23. The summed E-state index contributed by atoms with van der Waals surface area (Å²) in [6.07, 6.45) is 3.58. The Morgan fingerprint density at radius 3 is 1.94 bits per heavy atom. The number of unbranched alkanes of at least 4 members (excludes halogenated alkanes) is 1. The molecule has 0 aliphatic rings. The third kappa shape index (κ3) is 4.85. The van der Waals surface area contributed by atoms with Gasteiger partial charge in [-0.1, -0.05) is 26.7 Å². The highest BCUT2D eigenvalue weighted by molar-refractivity contribution is 6.86. The Kier molecular flexibility index (Phi) is 6.64. The molecule has 1 unspecified atom stereocenters. The van der Waals surface area contributed by atoms with E-state index < -0.39 is 16.6 Å². The van der Waals surface area contributed by atoms with Crippen molar-refractivity contribution < 1.29 is 8.85 Å². The van der Waals surface area contributed by atoms with E-state index >= 15 is 0 Å². The second kappa shape index (κ2) is 6.50. The Hall–Kier alpha value is 0.354. The molecule has 0 bridgehead atoms. The second-order valence-corrected chi connectivity index (χ2v) is 15.2. The van der Waals surface area contributed by atoms with Gasteiger partial charge in [-0.2, -0.15) is 0 Å². The first-order valence-corrected chi connectivity index (χ1v) is 12.9. The molecule has 0 rings (SSSR count). The van der Waals surface area contributed by atoms with Crippen molar-refractivity contribution in [1.29, 1.82) is 0 Å². The van der Waals surface area contributed by atoms with Crippen molar-refractivity contribution >= 4 is 16.6 Å². The van der Waals surface area contributed by atoms with Crippen molar-refractivity contribution in [3.05, 3.63) is 0 Å². The van der Waals surface area contributed by atoms with Crippen LogP contribution in [0.1, 0.15) is 40.0 Å². The van der Waals surface area contributed by atoms with E-state index in [0.717, 1.165) is 6.42 Å². The molecule has 0 N–H and O–H groups in total. The normalized spacial score (nSPS) is 16.9. The minimum absolute atomic E-state index is 0.0660. The molecule has 0 aromatic carbocycles. The van der Waals surface area contributed by atoms with E-state index in [1.807, 2.05) is 7.11 Å². The van der Waals surface area contributed by atoms with E-state index in [9.17, 15) is 0 Å². The van der Waals surface area contributed by atoms with Crippen LogP contribution in [-0.4, -0.2) is 29.0 Å². The quantitative estimate of drug-likeness (QED) is 0.605. The van der Waals surface area contributed by atoms with Crippen molar-refractivity contribution in [3.8, 4) is 0 Å². The van der Waals surface area contributed by atoms with Crippen molar-refractivity contribution in [2.24, 2.45) is 0 Å². The van der Waals surface area contributed by atoms with Crippen LogP contribution >= 0.6 is 0 Å². The third-order valence-corrected chi connectivity index (χ3v) is 13.0. The molecule has 1 atom stereocenters. The van der Waals surface area contributed by atoms with Gasteiger partial charge in [0.25, 0.3) is 0 Å². The van der Waals surface area contributed by atoms with E-state index in [2.05, 4.69) is 47.0 Å². The highest BCUT2D eigenvalue weighted by atomic mass is 28.4. The summed E-state index contributed by atoms with van der Waals surface area (Å²) in [6.45, 7) is 16.0. The molecular weight excluding hydrogens is 244 g/mol. The monoisotopic (exact) mass is 276 g/mol. The highest BCUT2D eigenvalue weighted by Crippen LogP contribution is 2.32.